The lowest BCUT2D eigenvalue weighted by Gasteiger charge is -2.54. The van der Waals surface area contributed by atoms with Gasteiger partial charge in [-0.15, -0.1) is 0 Å². The number of hydrogen-bond acceptors (Lipinski definition) is 2. The van der Waals surface area contributed by atoms with E-state index in [0.717, 1.165) is 23.2 Å². The molecule has 3 heteroatoms. The van der Waals surface area contributed by atoms with E-state index >= 15 is 0 Å². The fourth-order valence-electron chi connectivity index (χ4n) is 4.08. The molecule has 0 heterocycles. The molecule has 1 aromatic rings. The molecule has 2 nitrogen and oxygen atoms in total. The third-order valence-electron chi connectivity index (χ3n) is 5.37. The maximum Gasteiger partial charge on any atom is 0.120 e. The Bertz CT molecular complexity index is 496. The summed E-state index contributed by atoms with van der Waals surface area (Å²) in [5, 5.41) is 3.75. The molecule has 0 saturated heterocycles. The molecule has 3 rings (SSSR count). The molecule has 1 spiro atoms. The normalized spacial score (nSPS) is 26.8. The highest BCUT2D eigenvalue weighted by molar-refractivity contribution is 9.10. The summed E-state index contributed by atoms with van der Waals surface area (Å²) in [6.45, 7) is 5.50. The molecule has 2 unspecified atom stereocenters. The van der Waals surface area contributed by atoms with Crippen LogP contribution in [0.15, 0.2) is 22.7 Å². The number of benzene rings is 1. The van der Waals surface area contributed by atoms with Crippen LogP contribution in [0.3, 0.4) is 0 Å². The molecule has 2 fully saturated rings. The molecular formula is C18H26BrNO. The number of nitrogens with one attached hydrogen (secondary N) is 1. The zero-order chi connectivity index (χ0) is 14.9. The first kappa shape index (κ1) is 15.4. The van der Waals surface area contributed by atoms with Crippen molar-refractivity contribution in [3.05, 3.63) is 28.2 Å². The van der Waals surface area contributed by atoms with Crippen LogP contribution in [0.4, 0.5) is 0 Å². The van der Waals surface area contributed by atoms with Gasteiger partial charge in [0.1, 0.15) is 11.9 Å². The third-order valence-corrected chi connectivity index (χ3v) is 6.26. The molecule has 21 heavy (non-hydrogen) atoms. The van der Waals surface area contributed by atoms with Crippen molar-refractivity contribution in [1.82, 2.24) is 5.32 Å². The van der Waals surface area contributed by atoms with E-state index in [1.807, 2.05) is 0 Å². The minimum atomic E-state index is 0.398. The van der Waals surface area contributed by atoms with Crippen LogP contribution in [0.2, 0.25) is 0 Å². The van der Waals surface area contributed by atoms with E-state index in [1.54, 1.807) is 0 Å². The van der Waals surface area contributed by atoms with Crippen LogP contribution >= 0.6 is 15.9 Å². The molecule has 2 atom stereocenters. The molecule has 2 aliphatic carbocycles. The van der Waals surface area contributed by atoms with Crippen molar-refractivity contribution in [2.45, 2.75) is 64.5 Å². The molecule has 0 aliphatic heterocycles. The van der Waals surface area contributed by atoms with Crippen molar-refractivity contribution in [3.63, 3.8) is 0 Å². The van der Waals surface area contributed by atoms with Crippen molar-refractivity contribution in [2.24, 2.45) is 5.41 Å². The van der Waals surface area contributed by atoms with Crippen LogP contribution in [0.25, 0.3) is 0 Å². The largest absolute Gasteiger partial charge is 0.490 e. The molecule has 0 aromatic heterocycles. The molecule has 116 valence electrons. The highest BCUT2D eigenvalue weighted by atomic mass is 79.9. The average molecular weight is 352 g/mol. The second kappa shape index (κ2) is 6.29. The van der Waals surface area contributed by atoms with Gasteiger partial charge in [0.2, 0.25) is 0 Å². The smallest absolute Gasteiger partial charge is 0.120 e. The monoisotopic (exact) mass is 351 g/mol. The Labute approximate surface area is 136 Å². The summed E-state index contributed by atoms with van der Waals surface area (Å²) in [5.41, 5.74) is 1.64. The Morgan fingerprint density at radius 2 is 2.10 bits per heavy atom. The van der Waals surface area contributed by atoms with Crippen molar-refractivity contribution in [3.8, 4) is 5.75 Å². The lowest BCUT2D eigenvalue weighted by atomic mass is 9.60. The molecule has 0 radical (unpaired) electrons. The van der Waals surface area contributed by atoms with Gasteiger partial charge in [-0.25, -0.2) is 0 Å². The van der Waals surface area contributed by atoms with Crippen molar-refractivity contribution in [1.29, 1.82) is 0 Å². The minimum absolute atomic E-state index is 0.398. The van der Waals surface area contributed by atoms with E-state index in [0.29, 0.717) is 17.6 Å². The summed E-state index contributed by atoms with van der Waals surface area (Å²) in [7, 11) is 0. The number of halogens is 1. The summed E-state index contributed by atoms with van der Waals surface area (Å²) in [6.07, 6.45) is 8.16. The molecular weight excluding hydrogens is 326 g/mol. The summed E-state index contributed by atoms with van der Waals surface area (Å²) >= 11 is 3.56. The van der Waals surface area contributed by atoms with Crippen molar-refractivity contribution >= 4 is 15.9 Å². The first-order valence-corrected chi connectivity index (χ1v) is 9.11. The van der Waals surface area contributed by atoms with Crippen LogP contribution in [0.1, 0.15) is 51.0 Å². The fourth-order valence-corrected chi connectivity index (χ4v) is 4.32. The fraction of sp³-hybridized carbons (Fsp3) is 0.667. The van der Waals surface area contributed by atoms with Gasteiger partial charge in [-0.3, -0.25) is 0 Å². The van der Waals surface area contributed by atoms with Gasteiger partial charge < -0.3 is 10.1 Å². The summed E-state index contributed by atoms with van der Waals surface area (Å²) in [4.78, 5) is 0. The Hall–Kier alpha value is -0.540. The standard InChI is InChI=1S/C18H26BrNO/c1-3-10-20-16-12-17(18(16)8-4-5-9-18)21-14-6-7-15(19)13(2)11-14/h6-7,11,16-17,20H,3-5,8-10,12H2,1-2H3. The van der Waals surface area contributed by atoms with Gasteiger partial charge in [-0.1, -0.05) is 35.7 Å². The van der Waals surface area contributed by atoms with Crippen LogP contribution in [-0.2, 0) is 0 Å². The zero-order valence-electron chi connectivity index (χ0n) is 13.1. The van der Waals surface area contributed by atoms with E-state index in [-0.39, 0.29) is 0 Å². The maximum atomic E-state index is 6.37. The predicted octanol–water partition coefficient (Wildman–Crippen LogP) is 4.84. The Morgan fingerprint density at radius 3 is 2.76 bits per heavy atom. The topological polar surface area (TPSA) is 21.3 Å². The lowest BCUT2D eigenvalue weighted by molar-refractivity contribution is -0.0760. The first-order valence-electron chi connectivity index (χ1n) is 8.32. The summed E-state index contributed by atoms with van der Waals surface area (Å²) in [5.74, 6) is 1.03. The van der Waals surface area contributed by atoms with Gasteiger partial charge in [0.05, 0.1) is 0 Å². The van der Waals surface area contributed by atoms with Crippen molar-refractivity contribution in [2.75, 3.05) is 6.54 Å². The van der Waals surface area contributed by atoms with Crippen molar-refractivity contribution < 1.29 is 4.74 Å². The number of rotatable bonds is 5. The second-order valence-corrected chi connectivity index (χ2v) is 7.55. The Morgan fingerprint density at radius 1 is 1.33 bits per heavy atom. The maximum absolute atomic E-state index is 6.37. The molecule has 1 N–H and O–H groups in total. The van der Waals surface area contributed by atoms with Gasteiger partial charge in [-0.2, -0.15) is 0 Å². The average Bonchev–Trinajstić information content (AvgIpc) is 2.98. The van der Waals surface area contributed by atoms with E-state index in [4.69, 9.17) is 4.74 Å². The molecule has 1 aromatic carbocycles. The Balaban J connectivity index is 1.69. The Kier molecular flexibility index (Phi) is 4.60. The second-order valence-electron chi connectivity index (χ2n) is 6.70. The van der Waals surface area contributed by atoms with Gasteiger partial charge in [0, 0.05) is 22.4 Å². The van der Waals surface area contributed by atoms with Gasteiger partial charge in [-0.05, 0) is 56.5 Å². The lowest BCUT2D eigenvalue weighted by Crippen LogP contribution is -2.63. The molecule has 2 saturated carbocycles. The number of ether oxygens (including phenoxy) is 1. The first-order chi connectivity index (χ1) is 10.2. The highest BCUT2D eigenvalue weighted by Gasteiger charge is 2.57. The van der Waals surface area contributed by atoms with Crippen LogP contribution in [-0.4, -0.2) is 18.7 Å². The highest BCUT2D eigenvalue weighted by Crippen LogP contribution is 2.54. The predicted molar refractivity (Wildman–Crippen MR) is 90.9 cm³/mol. The summed E-state index contributed by atoms with van der Waals surface area (Å²) < 4.78 is 7.53. The summed E-state index contributed by atoms with van der Waals surface area (Å²) in [6, 6.07) is 7.00. The molecule has 2 aliphatic rings. The van der Waals surface area contributed by atoms with Gasteiger partial charge in [0.25, 0.3) is 0 Å². The SMILES string of the molecule is CCCNC1CC(Oc2ccc(Br)c(C)c2)C12CCCC2. The zero-order valence-corrected chi connectivity index (χ0v) is 14.7. The van der Waals surface area contributed by atoms with Crippen LogP contribution in [0.5, 0.6) is 5.75 Å². The van der Waals surface area contributed by atoms with Crippen LogP contribution in [0, 0.1) is 12.3 Å². The van der Waals surface area contributed by atoms with E-state index in [1.165, 1.54) is 37.7 Å². The number of hydrogen-bond donors (Lipinski definition) is 1. The van der Waals surface area contributed by atoms with E-state index in [2.05, 4.69) is 53.3 Å². The molecule has 0 amide bonds. The van der Waals surface area contributed by atoms with Crippen LogP contribution < -0.4 is 10.1 Å². The van der Waals surface area contributed by atoms with Gasteiger partial charge in [0.15, 0.2) is 0 Å². The minimum Gasteiger partial charge on any atom is -0.490 e. The van der Waals surface area contributed by atoms with E-state index in [9.17, 15) is 0 Å². The number of aryl methyl sites for hydroxylation is 1. The quantitative estimate of drug-likeness (QED) is 0.819. The van der Waals surface area contributed by atoms with E-state index < -0.39 is 0 Å². The third kappa shape index (κ3) is 2.87. The van der Waals surface area contributed by atoms with Gasteiger partial charge >= 0.3 is 0 Å². The molecule has 0 bridgehead atoms.